The minimum absolute atomic E-state index is 0.243. The molecule has 1 saturated heterocycles. The van der Waals surface area contributed by atoms with E-state index < -0.39 is 0 Å². The number of aromatic nitrogens is 4. The first kappa shape index (κ1) is 29.0. The summed E-state index contributed by atoms with van der Waals surface area (Å²) in [5.74, 6) is 0.683. The van der Waals surface area contributed by atoms with Gasteiger partial charge in [0.25, 0.3) is 0 Å². The van der Waals surface area contributed by atoms with Gasteiger partial charge in [0.1, 0.15) is 5.52 Å². The molecule has 1 fully saturated rings. The molecule has 7 rings (SSSR count). The van der Waals surface area contributed by atoms with Crippen LogP contribution >= 0.6 is 11.6 Å². The molecule has 0 aliphatic carbocycles. The Labute approximate surface area is 265 Å². The maximum atomic E-state index is 11.2. The smallest absolute Gasteiger partial charge is 0.156 e. The van der Waals surface area contributed by atoms with Crippen molar-refractivity contribution in [2.75, 3.05) is 18.4 Å². The van der Waals surface area contributed by atoms with Gasteiger partial charge in [-0.25, -0.2) is 4.98 Å². The topological polar surface area (TPSA) is 104 Å². The van der Waals surface area contributed by atoms with E-state index in [1.807, 2.05) is 54.7 Å². The first-order chi connectivity index (χ1) is 22.0. The average molecular weight is 615 g/mol. The van der Waals surface area contributed by atoms with Crippen molar-refractivity contribution in [2.24, 2.45) is 0 Å². The number of benzene rings is 2. The van der Waals surface area contributed by atoms with Crippen molar-refractivity contribution in [2.45, 2.75) is 32.4 Å². The van der Waals surface area contributed by atoms with Crippen LogP contribution in [0.5, 0.6) is 0 Å². The van der Waals surface area contributed by atoms with Gasteiger partial charge < -0.3 is 10.4 Å². The lowest BCUT2D eigenvalue weighted by atomic mass is 9.96. The molecule has 2 aromatic carbocycles. The first-order valence-electron chi connectivity index (χ1n) is 14.9. The third-order valence-electron chi connectivity index (χ3n) is 8.46. The summed E-state index contributed by atoms with van der Waals surface area (Å²) in [4.78, 5) is 32.0. The van der Waals surface area contributed by atoms with Crippen LogP contribution in [0.4, 0.5) is 11.5 Å². The molecule has 224 valence electrons. The molecule has 0 radical (unpaired) electrons. The number of nitrogens with one attached hydrogen (secondary N) is 1. The number of carbonyl (C=O) groups is 1. The molecular weight excluding hydrogens is 584 g/mol. The SMILES string of the molecule is Cc1c(Nc2nccc3cc(CN4CC[C@@H](O)C4)cnc23)cccc1-c1cccc(Cc2nccc3cc(C=O)cnc23)c1Cl. The highest BCUT2D eigenvalue weighted by Crippen LogP contribution is 2.37. The van der Waals surface area contributed by atoms with Crippen molar-refractivity contribution in [3.8, 4) is 11.1 Å². The molecule has 45 heavy (non-hydrogen) atoms. The number of nitrogens with zero attached hydrogens (tertiary/aromatic N) is 5. The molecule has 0 saturated carbocycles. The van der Waals surface area contributed by atoms with Gasteiger partial charge in [-0.1, -0.05) is 41.9 Å². The summed E-state index contributed by atoms with van der Waals surface area (Å²) in [7, 11) is 0. The number of hydrogen-bond donors (Lipinski definition) is 2. The number of aliphatic hydroxyl groups is 1. The Balaban J connectivity index is 1.17. The van der Waals surface area contributed by atoms with Crippen LogP contribution < -0.4 is 5.32 Å². The minimum Gasteiger partial charge on any atom is -0.392 e. The Kier molecular flexibility index (Phi) is 7.94. The number of hydrogen-bond acceptors (Lipinski definition) is 8. The Bertz CT molecular complexity index is 2070. The predicted octanol–water partition coefficient (Wildman–Crippen LogP) is 6.92. The standard InChI is InChI=1S/C36H31ClN6O2/c1-22-29(30-6-2-4-25(33(30)37)16-32-34-26(8-11-38-32)15-24(21-44)18-40-34)5-3-7-31(22)42-36-35-27(9-12-39-36)14-23(17-41-35)19-43-13-10-28(45)20-43/h2-9,11-12,14-15,17-18,21,28,45H,10,13,16,19-20H2,1H3,(H,39,42)/t28-/m1/s1. The minimum atomic E-state index is -0.243. The van der Waals surface area contributed by atoms with Crippen LogP contribution in [0.15, 0.2) is 85.5 Å². The summed E-state index contributed by atoms with van der Waals surface area (Å²) in [5, 5.41) is 15.9. The Morgan fingerprint density at radius 1 is 0.956 bits per heavy atom. The quantitative estimate of drug-likeness (QED) is 0.178. The van der Waals surface area contributed by atoms with E-state index in [4.69, 9.17) is 16.6 Å². The fourth-order valence-corrected chi connectivity index (χ4v) is 6.42. The molecule has 1 atom stereocenters. The molecule has 0 amide bonds. The largest absolute Gasteiger partial charge is 0.392 e. The van der Waals surface area contributed by atoms with E-state index >= 15 is 0 Å². The van der Waals surface area contributed by atoms with Gasteiger partial charge in [-0.05, 0) is 65.9 Å². The van der Waals surface area contributed by atoms with Crippen molar-refractivity contribution >= 4 is 51.2 Å². The molecule has 6 aromatic rings. The van der Waals surface area contributed by atoms with E-state index in [0.717, 1.165) is 86.8 Å². The summed E-state index contributed by atoms with van der Waals surface area (Å²) in [6, 6.07) is 20.0. The van der Waals surface area contributed by atoms with Crippen molar-refractivity contribution < 1.29 is 9.90 Å². The second kappa shape index (κ2) is 12.3. The van der Waals surface area contributed by atoms with Gasteiger partial charge in [0.05, 0.1) is 22.3 Å². The van der Waals surface area contributed by atoms with Gasteiger partial charge in [0.2, 0.25) is 0 Å². The molecule has 2 N–H and O–H groups in total. The van der Waals surface area contributed by atoms with Gasteiger partial charge in [-0.15, -0.1) is 0 Å². The van der Waals surface area contributed by atoms with Crippen LogP contribution in [0.1, 0.15) is 39.2 Å². The van der Waals surface area contributed by atoms with Gasteiger partial charge in [-0.3, -0.25) is 24.6 Å². The van der Waals surface area contributed by atoms with Crippen molar-refractivity contribution in [3.63, 3.8) is 0 Å². The second-order valence-corrected chi connectivity index (χ2v) is 11.9. The Hall–Kier alpha value is -4.76. The van der Waals surface area contributed by atoms with Crippen LogP contribution in [-0.2, 0) is 13.0 Å². The van der Waals surface area contributed by atoms with Crippen molar-refractivity contribution in [1.82, 2.24) is 24.8 Å². The van der Waals surface area contributed by atoms with Crippen LogP contribution in [0.3, 0.4) is 0 Å². The summed E-state index contributed by atoms with van der Waals surface area (Å²) < 4.78 is 0. The van der Waals surface area contributed by atoms with E-state index in [1.54, 1.807) is 18.6 Å². The number of aliphatic hydroxyl groups excluding tert-OH is 1. The fraction of sp³-hybridized carbons (Fsp3) is 0.194. The van der Waals surface area contributed by atoms with E-state index in [-0.39, 0.29) is 6.10 Å². The van der Waals surface area contributed by atoms with E-state index in [2.05, 4.69) is 44.2 Å². The van der Waals surface area contributed by atoms with E-state index in [1.165, 1.54) is 0 Å². The average Bonchev–Trinajstić information content (AvgIpc) is 3.47. The number of anilines is 2. The van der Waals surface area contributed by atoms with Crippen molar-refractivity contribution in [3.05, 3.63) is 118 Å². The fourth-order valence-electron chi connectivity index (χ4n) is 6.12. The maximum absolute atomic E-state index is 11.2. The summed E-state index contributed by atoms with van der Waals surface area (Å²) in [5.41, 5.74) is 8.81. The first-order valence-corrected chi connectivity index (χ1v) is 15.3. The van der Waals surface area contributed by atoms with Gasteiger partial charge in [-0.2, -0.15) is 0 Å². The highest BCUT2D eigenvalue weighted by Gasteiger charge is 2.20. The third-order valence-corrected chi connectivity index (χ3v) is 8.90. The summed E-state index contributed by atoms with van der Waals surface area (Å²) in [6.07, 6.45) is 8.87. The molecule has 9 heteroatoms. The normalized spacial score (nSPS) is 15.1. The molecule has 8 nitrogen and oxygen atoms in total. The lowest BCUT2D eigenvalue weighted by Gasteiger charge is -2.17. The second-order valence-electron chi connectivity index (χ2n) is 11.5. The van der Waals surface area contributed by atoms with E-state index in [9.17, 15) is 9.90 Å². The number of β-amino-alcohol motifs (C(OH)–C–C–N with tert-alkyl or cyclic N) is 1. The molecule has 0 bridgehead atoms. The van der Waals surface area contributed by atoms with E-state index in [0.29, 0.717) is 29.4 Å². The highest BCUT2D eigenvalue weighted by atomic mass is 35.5. The zero-order chi connectivity index (χ0) is 30.9. The van der Waals surface area contributed by atoms with Crippen molar-refractivity contribution in [1.29, 1.82) is 0 Å². The number of pyridine rings is 4. The summed E-state index contributed by atoms with van der Waals surface area (Å²) in [6.45, 7) is 4.43. The maximum Gasteiger partial charge on any atom is 0.156 e. The number of likely N-dealkylation sites (tertiary alicyclic amines) is 1. The molecule has 1 aliphatic heterocycles. The van der Waals surface area contributed by atoms with Crippen LogP contribution in [0, 0.1) is 6.92 Å². The molecule has 0 spiro atoms. The van der Waals surface area contributed by atoms with Crippen LogP contribution in [0.25, 0.3) is 32.9 Å². The molecular formula is C36H31ClN6O2. The molecule has 5 heterocycles. The molecule has 4 aromatic heterocycles. The lowest BCUT2D eigenvalue weighted by molar-refractivity contribution is 0.112. The third kappa shape index (κ3) is 5.88. The highest BCUT2D eigenvalue weighted by molar-refractivity contribution is 6.34. The number of halogens is 1. The van der Waals surface area contributed by atoms with Gasteiger partial charge in [0, 0.05) is 78.4 Å². The number of carbonyl (C=O) groups excluding carboxylic acids is 1. The summed E-state index contributed by atoms with van der Waals surface area (Å²) >= 11 is 7.08. The van der Waals surface area contributed by atoms with Gasteiger partial charge >= 0.3 is 0 Å². The monoisotopic (exact) mass is 614 g/mol. The Morgan fingerprint density at radius 3 is 2.56 bits per heavy atom. The number of aldehydes is 1. The molecule has 0 unspecified atom stereocenters. The molecule has 1 aliphatic rings. The number of fused-ring (bicyclic) bond motifs is 2. The zero-order valence-corrected chi connectivity index (χ0v) is 25.5. The Morgan fingerprint density at radius 2 is 1.73 bits per heavy atom. The zero-order valence-electron chi connectivity index (χ0n) is 24.7. The number of rotatable bonds is 8. The van der Waals surface area contributed by atoms with Crippen LogP contribution in [-0.4, -0.2) is 55.4 Å². The van der Waals surface area contributed by atoms with Crippen LogP contribution in [0.2, 0.25) is 5.02 Å². The predicted molar refractivity (Wildman–Crippen MR) is 178 cm³/mol. The van der Waals surface area contributed by atoms with Gasteiger partial charge in [0.15, 0.2) is 12.1 Å². The lowest BCUT2D eigenvalue weighted by Crippen LogP contribution is -2.21.